The summed E-state index contributed by atoms with van der Waals surface area (Å²) in [7, 11) is -1.59. The number of carbonyl (C=O) groups excluding carboxylic acids is 1. The Labute approximate surface area is 183 Å². The van der Waals surface area contributed by atoms with Crippen molar-refractivity contribution >= 4 is 21.6 Å². The first-order valence-electron chi connectivity index (χ1n) is 10.7. The molecule has 1 aromatic heterocycles. The van der Waals surface area contributed by atoms with Crippen molar-refractivity contribution in [3.05, 3.63) is 47.8 Å². The Kier molecular flexibility index (Phi) is 6.47. The number of aromatic nitrogens is 1. The van der Waals surface area contributed by atoms with Gasteiger partial charge in [-0.05, 0) is 56.1 Å². The van der Waals surface area contributed by atoms with Crippen LogP contribution in [0.5, 0.6) is 0 Å². The highest BCUT2D eigenvalue weighted by molar-refractivity contribution is 7.89. The van der Waals surface area contributed by atoms with Crippen LogP contribution in [0.4, 0.5) is 5.69 Å². The third kappa shape index (κ3) is 4.69. The fourth-order valence-corrected chi connectivity index (χ4v) is 5.81. The van der Waals surface area contributed by atoms with Crippen molar-refractivity contribution in [3.63, 3.8) is 0 Å². The van der Waals surface area contributed by atoms with Crippen molar-refractivity contribution < 1.29 is 17.9 Å². The molecule has 1 unspecified atom stereocenters. The highest BCUT2D eigenvalue weighted by Gasteiger charge is 2.30. The van der Waals surface area contributed by atoms with Crippen LogP contribution >= 0.6 is 0 Å². The molecule has 3 heterocycles. The predicted molar refractivity (Wildman–Crippen MR) is 118 cm³/mol. The Morgan fingerprint density at radius 1 is 1.19 bits per heavy atom. The van der Waals surface area contributed by atoms with Gasteiger partial charge in [-0.1, -0.05) is 6.07 Å². The number of nitrogens with one attached hydrogen (secondary N) is 1. The van der Waals surface area contributed by atoms with Crippen molar-refractivity contribution in [1.29, 1.82) is 0 Å². The molecular formula is C22H30N4O4S. The summed E-state index contributed by atoms with van der Waals surface area (Å²) in [5.74, 6) is -0.134. The van der Waals surface area contributed by atoms with E-state index in [1.165, 1.54) is 10.00 Å². The van der Waals surface area contributed by atoms with Crippen LogP contribution in [0.1, 0.15) is 30.1 Å². The zero-order valence-electron chi connectivity index (χ0n) is 18.1. The summed E-state index contributed by atoms with van der Waals surface area (Å²) < 4.78 is 34.7. The van der Waals surface area contributed by atoms with Crippen LogP contribution in [-0.4, -0.2) is 67.5 Å². The van der Waals surface area contributed by atoms with E-state index in [0.717, 1.165) is 24.9 Å². The van der Waals surface area contributed by atoms with Crippen LogP contribution in [0, 0.1) is 6.92 Å². The van der Waals surface area contributed by atoms with Crippen molar-refractivity contribution in [2.45, 2.75) is 30.7 Å². The van der Waals surface area contributed by atoms with E-state index >= 15 is 0 Å². The largest absolute Gasteiger partial charge is 0.379 e. The molecule has 2 saturated heterocycles. The van der Waals surface area contributed by atoms with Gasteiger partial charge in [-0.2, -0.15) is 4.31 Å². The van der Waals surface area contributed by atoms with Crippen molar-refractivity contribution in [3.8, 4) is 0 Å². The van der Waals surface area contributed by atoms with Gasteiger partial charge in [0.2, 0.25) is 15.9 Å². The lowest BCUT2D eigenvalue weighted by atomic mass is 10.1. The molecule has 2 aliphatic rings. The molecule has 1 amide bonds. The van der Waals surface area contributed by atoms with E-state index in [0.29, 0.717) is 32.0 Å². The third-order valence-electron chi connectivity index (χ3n) is 6.13. The smallest absolute Gasteiger partial charge is 0.243 e. The molecule has 1 atom stereocenters. The normalized spacial score (nSPS) is 20.8. The van der Waals surface area contributed by atoms with Crippen molar-refractivity contribution in [2.75, 3.05) is 44.7 Å². The first-order chi connectivity index (χ1) is 14.9. The zero-order chi connectivity index (χ0) is 22.0. The number of benzene rings is 1. The van der Waals surface area contributed by atoms with Gasteiger partial charge in [-0.25, -0.2) is 8.42 Å². The minimum atomic E-state index is -3.61. The average Bonchev–Trinajstić information content (AvgIpc) is 3.38. The van der Waals surface area contributed by atoms with E-state index in [1.807, 2.05) is 26.2 Å². The Morgan fingerprint density at radius 3 is 2.68 bits per heavy atom. The molecule has 8 nitrogen and oxygen atoms in total. The van der Waals surface area contributed by atoms with Gasteiger partial charge in [-0.3, -0.25) is 9.69 Å². The minimum Gasteiger partial charge on any atom is -0.379 e. The monoisotopic (exact) mass is 446 g/mol. The SMILES string of the molecule is Cc1ccc(S(=O)(=O)N2CCOCC2)cc1NC(=O)CN1CCCC1c1cccn1C. The standard InChI is InChI=1S/C22H30N4O4S/c1-17-7-8-18(31(28,29)26-11-13-30-14-12-26)15-19(17)23-22(27)16-25-10-4-6-21(25)20-5-3-9-24(20)2/h3,5,7-9,15,21H,4,6,10-14,16H2,1-2H3,(H,23,27). The van der Waals surface area contributed by atoms with Crippen molar-refractivity contribution in [1.82, 2.24) is 13.8 Å². The topological polar surface area (TPSA) is 83.9 Å². The Morgan fingerprint density at radius 2 is 1.97 bits per heavy atom. The summed E-state index contributed by atoms with van der Waals surface area (Å²) in [6.45, 7) is 4.48. The summed E-state index contributed by atoms with van der Waals surface area (Å²) >= 11 is 0. The lowest BCUT2D eigenvalue weighted by Gasteiger charge is -2.26. The molecular weight excluding hydrogens is 416 g/mol. The molecule has 0 bridgehead atoms. The predicted octanol–water partition coefficient (Wildman–Crippen LogP) is 2.13. The van der Waals surface area contributed by atoms with Crippen LogP contribution in [0.2, 0.25) is 0 Å². The number of sulfonamides is 1. The van der Waals surface area contributed by atoms with E-state index in [-0.39, 0.29) is 23.4 Å². The van der Waals surface area contributed by atoms with Crippen LogP contribution < -0.4 is 5.32 Å². The number of hydrogen-bond donors (Lipinski definition) is 1. The first-order valence-corrected chi connectivity index (χ1v) is 12.1. The number of anilines is 1. The fourth-order valence-electron chi connectivity index (χ4n) is 4.38. The van der Waals surface area contributed by atoms with Gasteiger partial charge >= 0.3 is 0 Å². The highest BCUT2D eigenvalue weighted by atomic mass is 32.2. The molecule has 31 heavy (non-hydrogen) atoms. The quantitative estimate of drug-likeness (QED) is 0.735. The Bertz CT molecular complexity index is 1040. The van der Waals surface area contributed by atoms with Gasteiger partial charge in [0.05, 0.1) is 30.7 Å². The molecule has 0 saturated carbocycles. The van der Waals surface area contributed by atoms with Crippen LogP contribution in [0.15, 0.2) is 41.4 Å². The molecule has 1 N–H and O–H groups in total. The second-order valence-electron chi connectivity index (χ2n) is 8.21. The second-order valence-corrected chi connectivity index (χ2v) is 10.2. The molecule has 0 radical (unpaired) electrons. The number of carbonyl (C=O) groups is 1. The summed E-state index contributed by atoms with van der Waals surface area (Å²) in [5, 5.41) is 2.94. The van der Waals surface area contributed by atoms with E-state index in [2.05, 4.69) is 20.9 Å². The van der Waals surface area contributed by atoms with Crippen molar-refractivity contribution in [2.24, 2.45) is 7.05 Å². The molecule has 0 aliphatic carbocycles. The number of ether oxygens (including phenoxy) is 1. The van der Waals surface area contributed by atoms with Gasteiger partial charge < -0.3 is 14.6 Å². The van der Waals surface area contributed by atoms with Gasteiger partial charge in [0.25, 0.3) is 0 Å². The molecule has 4 rings (SSSR count). The summed E-state index contributed by atoms with van der Waals surface area (Å²) in [4.78, 5) is 15.2. The second kappa shape index (κ2) is 9.12. The number of likely N-dealkylation sites (tertiary alicyclic amines) is 1. The maximum Gasteiger partial charge on any atom is 0.243 e. The number of amides is 1. The highest BCUT2D eigenvalue weighted by Crippen LogP contribution is 2.31. The van der Waals surface area contributed by atoms with E-state index in [9.17, 15) is 13.2 Å². The van der Waals surface area contributed by atoms with Gasteiger partial charge in [0.15, 0.2) is 0 Å². The lowest BCUT2D eigenvalue weighted by molar-refractivity contribution is -0.117. The summed E-state index contributed by atoms with van der Waals surface area (Å²) in [6.07, 6.45) is 4.10. The number of rotatable bonds is 6. The molecule has 2 aromatic rings. The molecule has 168 valence electrons. The van der Waals surface area contributed by atoms with E-state index in [4.69, 9.17) is 4.74 Å². The Balaban J connectivity index is 1.47. The minimum absolute atomic E-state index is 0.134. The number of morpholine rings is 1. The molecule has 2 fully saturated rings. The maximum absolute atomic E-state index is 13.0. The molecule has 1 aromatic carbocycles. The zero-order valence-corrected chi connectivity index (χ0v) is 18.9. The third-order valence-corrected chi connectivity index (χ3v) is 8.02. The fraction of sp³-hybridized carbons (Fsp3) is 0.500. The average molecular weight is 447 g/mol. The van der Waals surface area contributed by atoms with E-state index in [1.54, 1.807) is 18.2 Å². The van der Waals surface area contributed by atoms with Crippen LogP contribution in [0.25, 0.3) is 0 Å². The molecule has 2 aliphatic heterocycles. The van der Waals surface area contributed by atoms with Gasteiger partial charge in [0.1, 0.15) is 0 Å². The van der Waals surface area contributed by atoms with Gasteiger partial charge in [-0.15, -0.1) is 0 Å². The number of nitrogens with zero attached hydrogens (tertiary/aromatic N) is 3. The van der Waals surface area contributed by atoms with Crippen LogP contribution in [-0.2, 0) is 26.6 Å². The summed E-state index contributed by atoms with van der Waals surface area (Å²) in [6, 6.07) is 9.25. The van der Waals surface area contributed by atoms with E-state index < -0.39 is 10.0 Å². The maximum atomic E-state index is 13.0. The number of hydrogen-bond acceptors (Lipinski definition) is 5. The lowest BCUT2D eigenvalue weighted by Crippen LogP contribution is -2.40. The van der Waals surface area contributed by atoms with Gasteiger partial charge in [0, 0.05) is 37.7 Å². The molecule has 0 spiro atoms. The summed E-state index contributed by atoms with van der Waals surface area (Å²) in [5.41, 5.74) is 2.57. The van der Waals surface area contributed by atoms with Crippen LogP contribution in [0.3, 0.4) is 0 Å². The Hall–Kier alpha value is -2.20. The number of aryl methyl sites for hydroxylation is 2. The first kappa shape index (κ1) is 22.0. The molecule has 9 heteroatoms.